The summed E-state index contributed by atoms with van der Waals surface area (Å²) in [5, 5.41) is 6.09. The van der Waals surface area contributed by atoms with Crippen LogP contribution in [0.4, 0.5) is 5.69 Å². The van der Waals surface area contributed by atoms with Crippen LogP contribution in [0.3, 0.4) is 0 Å². The van der Waals surface area contributed by atoms with Gasteiger partial charge in [0.2, 0.25) is 5.91 Å². The minimum Gasteiger partial charge on any atom is -0.342 e. The largest absolute Gasteiger partial charge is 0.342 e. The first kappa shape index (κ1) is 10.8. The van der Waals surface area contributed by atoms with Crippen LogP contribution in [0.5, 0.6) is 0 Å². The molecule has 1 saturated heterocycles. The van der Waals surface area contributed by atoms with E-state index in [0.29, 0.717) is 12.3 Å². The maximum atomic E-state index is 11.3. The molecule has 0 bridgehead atoms. The van der Waals surface area contributed by atoms with Gasteiger partial charge in [-0.2, -0.15) is 0 Å². The summed E-state index contributed by atoms with van der Waals surface area (Å²) in [5.74, 6) is 1.62. The second kappa shape index (κ2) is 3.93. The first-order valence-corrected chi connectivity index (χ1v) is 6.48. The summed E-state index contributed by atoms with van der Waals surface area (Å²) in [7, 11) is 0. The molecule has 4 rings (SSSR count). The molecule has 2 aromatic rings. The first-order valence-electron chi connectivity index (χ1n) is 6.48. The van der Waals surface area contributed by atoms with Crippen LogP contribution >= 0.6 is 0 Å². The number of anilines is 1. The predicted molar refractivity (Wildman–Crippen MR) is 72.0 cm³/mol. The molecule has 2 aliphatic rings. The average molecular weight is 254 g/mol. The van der Waals surface area contributed by atoms with Crippen molar-refractivity contribution in [1.82, 2.24) is 15.3 Å². The number of nitrogens with one attached hydrogen (secondary N) is 3. The highest BCUT2D eigenvalue weighted by atomic mass is 16.1. The zero-order chi connectivity index (χ0) is 12.8. The van der Waals surface area contributed by atoms with Gasteiger partial charge >= 0.3 is 0 Å². The van der Waals surface area contributed by atoms with Gasteiger partial charge in [-0.15, -0.1) is 0 Å². The van der Waals surface area contributed by atoms with Crippen molar-refractivity contribution in [1.29, 1.82) is 0 Å². The Labute approximate surface area is 110 Å². The number of H-pyrrole nitrogens is 1. The van der Waals surface area contributed by atoms with Crippen LogP contribution in [0.25, 0.3) is 11.3 Å². The number of carbonyl (C=O) groups excluding carboxylic acids is 1. The number of rotatable bonds is 2. The lowest BCUT2D eigenvalue weighted by molar-refractivity contribution is -0.115. The summed E-state index contributed by atoms with van der Waals surface area (Å²) in [4.78, 5) is 19.2. The van der Waals surface area contributed by atoms with Crippen molar-refractivity contribution < 1.29 is 4.79 Å². The van der Waals surface area contributed by atoms with Gasteiger partial charge in [0.15, 0.2) is 0 Å². The Bertz CT molecular complexity index is 657. The molecule has 0 atom stereocenters. The smallest absolute Gasteiger partial charge is 0.228 e. The Morgan fingerprint density at radius 1 is 1.26 bits per heavy atom. The molecule has 3 heterocycles. The van der Waals surface area contributed by atoms with Gasteiger partial charge in [0.05, 0.1) is 18.3 Å². The average Bonchev–Trinajstić information content (AvgIpc) is 2.91. The van der Waals surface area contributed by atoms with Crippen molar-refractivity contribution >= 4 is 11.6 Å². The number of carbonyl (C=O) groups is 1. The number of nitrogens with zero attached hydrogens (tertiary/aromatic N) is 1. The van der Waals surface area contributed by atoms with Crippen molar-refractivity contribution in [2.45, 2.75) is 12.3 Å². The van der Waals surface area contributed by atoms with E-state index in [9.17, 15) is 4.79 Å². The van der Waals surface area contributed by atoms with Crippen LogP contribution in [0.1, 0.15) is 17.3 Å². The van der Waals surface area contributed by atoms with Gasteiger partial charge in [-0.1, -0.05) is 6.07 Å². The van der Waals surface area contributed by atoms with E-state index >= 15 is 0 Å². The maximum Gasteiger partial charge on any atom is 0.228 e. The molecule has 19 heavy (non-hydrogen) atoms. The quantitative estimate of drug-likeness (QED) is 0.755. The highest BCUT2D eigenvalue weighted by molar-refractivity contribution is 5.99. The van der Waals surface area contributed by atoms with Crippen molar-refractivity contribution in [3.63, 3.8) is 0 Å². The topological polar surface area (TPSA) is 69.8 Å². The van der Waals surface area contributed by atoms with Gasteiger partial charge in [-0.3, -0.25) is 4.79 Å². The van der Waals surface area contributed by atoms with E-state index in [4.69, 9.17) is 0 Å². The minimum atomic E-state index is 0.0676. The predicted octanol–water partition coefficient (Wildman–Crippen LogP) is 1.26. The third-order valence-corrected chi connectivity index (χ3v) is 3.80. The Balaban J connectivity index is 1.67. The highest BCUT2D eigenvalue weighted by Gasteiger charge is 2.22. The van der Waals surface area contributed by atoms with E-state index in [1.807, 2.05) is 18.3 Å². The molecule has 1 amide bonds. The lowest BCUT2D eigenvalue weighted by Gasteiger charge is -2.24. The van der Waals surface area contributed by atoms with Crippen molar-refractivity contribution in [3.05, 3.63) is 35.8 Å². The molecular weight excluding hydrogens is 240 g/mol. The van der Waals surface area contributed by atoms with Gasteiger partial charge in [-0.05, 0) is 23.3 Å². The molecule has 1 fully saturated rings. The number of aromatic nitrogens is 2. The molecule has 0 aliphatic carbocycles. The van der Waals surface area contributed by atoms with E-state index in [1.54, 1.807) is 0 Å². The van der Waals surface area contributed by atoms with Gasteiger partial charge < -0.3 is 15.6 Å². The summed E-state index contributed by atoms with van der Waals surface area (Å²) < 4.78 is 0. The van der Waals surface area contributed by atoms with Crippen molar-refractivity contribution in [3.8, 4) is 11.3 Å². The molecule has 0 saturated carbocycles. The zero-order valence-electron chi connectivity index (χ0n) is 10.4. The number of amides is 1. The number of hydrogen-bond acceptors (Lipinski definition) is 3. The van der Waals surface area contributed by atoms with E-state index in [0.717, 1.165) is 41.4 Å². The number of aromatic amines is 1. The Morgan fingerprint density at radius 3 is 2.95 bits per heavy atom. The van der Waals surface area contributed by atoms with Crippen LogP contribution in [0.2, 0.25) is 0 Å². The minimum absolute atomic E-state index is 0.0676. The fraction of sp³-hybridized carbons (Fsp3) is 0.286. The van der Waals surface area contributed by atoms with Crippen LogP contribution in [-0.4, -0.2) is 29.0 Å². The normalized spacial score (nSPS) is 18.0. The van der Waals surface area contributed by atoms with Gasteiger partial charge in [0.25, 0.3) is 0 Å². The molecule has 5 nitrogen and oxygen atoms in total. The fourth-order valence-corrected chi connectivity index (χ4v) is 2.57. The molecule has 5 heteroatoms. The summed E-state index contributed by atoms with van der Waals surface area (Å²) in [6.07, 6.45) is 2.34. The third-order valence-electron chi connectivity index (χ3n) is 3.80. The standard InChI is InChI=1S/C14H14N4O/c19-13-4-9-3-8(1-2-11(9)17-13)12-7-16-14(18-12)10-5-15-6-10/h1-3,7,10,15H,4-6H2,(H,16,18)(H,17,19). The van der Waals surface area contributed by atoms with E-state index in [1.165, 1.54) is 0 Å². The zero-order valence-corrected chi connectivity index (χ0v) is 10.4. The van der Waals surface area contributed by atoms with Crippen LogP contribution in [-0.2, 0) is 11.2 Å². The number of imidazole rings is 1. The molecule has 1 aromatic carbocycles. The summed E-state index contributed by atoms with van der Waals surface area (Å²) in [6, 6.07) is 6.03. The number of hydrogen-bond donors (Lipinski definition) is 3. The van der Waals surface area contributed by atoms with E-state index in [2.05, 4.69) is 26.7 Å². The van der Waals surface area contributed by atoms with Crippen molar-refractivity contribution in [2.75, 3.05) is 18.4 Å². The number of benzene rings is 1. The Hall–Kier alpha value is -2.14. The van der Waals surface area contributed by atoms with Crippen LogP contribution in [0.15, 0.2) is 24.4 Å². The summed E-state index contributed by atoms with van der Waals surface area (Å²) in [6.45, 7) is 1.99. The number of fused-ring (bicyclic) bond motifs is 1. The van der Waals surface area contributed by atoms with Crippen LogP contribution in [0, 0.1) is 0 Å². The van der Waals surface area contributed by atoms with E-state index < -0.39 is 0 Å². The SMILES string of the molecule is O=C1Cc2cc(-c3cnc(C4CNC4)[nH]3)ccc2N1. The molecule has 96 valence electrons. The second-order valence-electron chi connectivity index (χ2n) is 5.13. The van der Waals surface area contributed by atoms with Gasteiger partial charge in [-0.25, -0.2) is 4.98 Å². The second-order valence-corrected chi connectivity index (χ2v) is 5.13. The van der Waals surface area contributed by atoms with Crippen molar-refractivity contribution in [2.24, 2.45) is 0 Å². The molecule has 3 N–H and O–H groups in total. The van der Waals surface area contributed by atoms with Gasteiger partial charge in [0.1, 0.15) is 5.82 Å². The highest BCUT2D eigenvalue weighted by Crippen LogP contribution is 2.29. The molecular formula is C14H14N4O. The van der Waals surface area contributed by atoms with Crippen LogP contribution < -0.4 is 10.6 Å². The lowest BCUT2D eigenvalue weighted by Crippen LogP contribution is -2.40. The van der Waals surface area contributed by atoms with Gasteiger partial charge in [0, 0.05) is 24.7 Å². The third kappa shape index (κ3) is 1.74. The Kier molecular flexibility index (Phi) is 2.22. The molecule has 1 aromatic heterocycles. The monoisotopic (exact) mass is 254 g/mol. The summed E-state index contributed by atoms with van der Waals surface area (Å²) in [5.41, 5.74) is 4.09. The molecule has 2 aliphatic heterocycles. The lowest BCUT2D eigenvalue weighted by atomic mass is 10.0. The first-order chi connectivity index (χ1) is 9.29. The molecule has 0 spiro atoms. The maximum absolute atomic E-state index is 11.3. The molecule has 0 radical (unpaired) electrons. The summed E-state index contributed by atoms with van der Waals surface area (Å²) >= 11 is 0. The van der Waals surface area contributed by atoms with E-state index in [-0.39, 0.29) is 5.91 Å². The molecule has 0 unspecified atom stereocenters. The Morgan fingerprint density at radius 2 is 2.16 bits per heavy atom. The fourth-order valence-electron chi connectivity index (χ4n) is 2.57.